The summed E-state index contributed by atoms with van der Waals surface area (Å²) in [5, 5.41) is 0. The molecule has 2 N–H and O–H groups in total. The second-order valence-electron chi connectivity index (χ2n) is 5.89. The first-order valence-electron chi connectivity index (χ1n) is 8.29. The fourth-order valence-electron chi connectivity index (χ4n) is 2.64. The smallest absolute Gasteiger partial charge is 0.121 e. The molecule has 3 rings (SSSR count). The highest BCUT2D eigenvalue weighted by atomic mass is 16.5. The molecular weight excluding hydrogens is 322 g/mol. The van der Waals surface area contributed by atoms with Crippen LogP contribution in [0.5, 0.6) is 0 Å². The summed E-state index contributed by atoms with van der Waals surface area (Å²) in [4.78, 5) is 9.17. The average Bonchev–Trinajstić information content (AvgIpc) is 2.68. The van der Waals surface area contributed by atoms with E-state index in [1.54, 1.807) is 7.11 Å². The lowest BCUT2D eigenvalue weighted by molar-refractivity contribution is 0.307. The molecule has 0 bridgehead atoms. The van der Waals surface area contributed by atoms with Crippen LogP contribution in [0.3, 0.4) is 0 Å². The lowest BCUT2D eigenvalue weighted by atomic mass is 9.98. The molecule has 0 radical (unpaired) electrons. The zero-order chi connectivity index (χ0) is 18.5. The third kappa shape index (κ3) is 3.81. The van der Waals surface area contributed by atoms with Gasteiger partial charge in [0.2, 0.25) is 0 Å². The predicted molar refractivity (Wildman–Crippen MR) is 107 cm³/mol. The maximum atomic E-state index is 6.42. The molecule has 0 atom stereocenters. The first-order chi connectivity index (χ1) is 12.6. The van der Waals surface area contributed by atoms with E-state index in [4.69, 9.17) is 10.5 Å². The van der Waals surface area contributed by atoms with E-state index in [0.29, 0.717) is 22.9 Å². The third-order valence-electron chi connectivity index (χ3n) is 4.02. The number of benzene rings is 1. The molecule has 0 saturated carbocycles. The zero-order valence-electron chi connectivity index (χ0n) is 14.9. The third-order valence-corrected chi connectivity index (χ3v) is 4.02. The van der Waals surface area contributed by atoms with Crippen LogP contribution in [0.4, 0.5) is 0 Å². The molecule has 1 aromatic carbocycles. The molecule has 0 amide bonds. The number of hydrogen-bond donors (Lipinski definition) is 1. The average molecular weight is 343 g/mol. The molecule has 1 aromatic heterocycles. The molecule has 26 heavy (non-hydrogen) atoms. The van der Waals surface area contributed by atoms with Gasteiger partial charge in [0.1, 0.15) is 5.76 Å². The molecular formula is C22H21N3O. The van der Waals surface area contributed by atoms with Crippen LogP contribution in [-0.2, 0) is 4.74 Å². The Morgan fingerprint density at radius 3 is 2.54 bits per heavy atom. The molecule has 0 unspecified atom stereocenters. The number of rotatable bonds is 4. The number of aryl methyl sites for hydroxylation is 1. The lowest BCUT2D eigenvalue weighted by Crippen LogP contribution is -2.11. The van der Waals surface area contributed by atoms with Gasteiger partial charge in [0.05, 0.1) is 24.2 Å². The van der Waals surface area contributed by atoms with Gasteiger partial charge in [0, 0.05) is 23.0 Å². The van der Waals surface area contributed by atoms with Crippen molar-refractivity contribution in [2.24, 2.45) is 10.7 Å². The summed E-state index contributed by atoms with van der Waals surface area (Å²) in [5.41, 5.74) is 11.7. The highest BCUT2D eigenvalue weighted by Crippen LogP contribution is 2.24. The number of allylic oxidation sites excluding steroid dienone is 4. The Labute approximate surface area is 153 Å². The van der Waals surface area contributed by atoms with E-state index in [0.717, 1.165) is 22.5 Å². The number of ether oxygens (including phenoxy) is 1. The summed E-state index contributed by atoms with van der Waals surface area (Å²) >= 11 is 0. The first-order valence-corrected chi connectivity index (χ1v) is 8.29. The van der Waals surface area contributed by atoms with Crippen molar-refractivity contribution in [2.75, 3.05) is 7.11 Å². The first kappa shape index (κ1) is 17.4. The van der Waals surface area contributed by atoms with Gasteiger partial charge in [-0.05, 0) is 36.8 Å². The molecule has 1 heterocycles. The lowest BCUT2D eigenvalue weighted by Gasteiger charge is -2.15. The van der Waals surface area contributed by atoms with Crippen LogP contribution in [0.15, 0.2) is 89.7 Å². The van der Waals surface area contributed by atoms with Gasteiger partial charge in [-0.1, -0.05) is 43.0 Å². The van der Waals surface area contributed by atoms with Crippen molar-refractivity contribution in [2.45, 2.75) is 6.92 Å². The maximum absolute atomic E-state index is 6.42. The number of hydrogen-bond acceptors (Lipinski definition) is 4. The van der Waals surface area contributed by atoms with Gasteiger partial charge in [0.15, 0.2) is 0 Å². The summed E-state index contributed by atoms with van der Waals surface area (Å²) in [6.07, 6.45) is 5.64. The minimum atomic E-state index is 0.573. The summed E-state index contributed by atoms with van der Waals surface area (Å²) in [6, 6.07) is 15.6. The van der Waals surface area contributed by atoms with E-state index >= 15 is 0 Å². The Balaban J connectivity index is 2.06. The Hall–Kier alpha value is -3.40. The van der Waals surface area contributed by atoms with Gasteiger partial charge >= 0.3 is 0 Å². The molecule has 0 fully saturated rings. The van der Waals surface area contributed by atoms with E-state index in [1.807, 2.05) is 73.7 Å². The molecule has 2 aromatic rings. The second-order valence-corrected chi connectivity index (χ2v) is 5.89. The van der Waals surface area contributed by atoms with E-state index < -0.39 is 0 Å². The van der Waals surface area contributed by atoms with Gasteiger partial charge < -0.3 is 10.5 Å². The highest BCUT2D eigenvalue weighted by molar-refractivity contribution is 6.17. The van der Waals surface area contributed by atoms with Crippen LogP contribution in [0.2, 0.25) is 0 Å². The minimum absolute atomic E-state index is 0.573. The summed E-state index contributed by atoms with van der Waals surface area (Å²) in [6.45, 7) is 6.01. The van der Waals surface area contributed by atoms with E-state index in [2.05, 4.69) is 16.6 Å². The van der Waals surface area contributed by atoms with Crippen molar-refractivity contribution < 1.29 is 4.74 Å². The van der Waals surface area contributed by atoms with Crippen LogP contribution in [0, 0.1) is 6.92 Å². The maximum Gasteiger partial charge on any atom is 0.121 e. The quantitative estimate of drug-likeness (QED) is 0.902. The minimum Gasteiger partial charge on any atom is -0.497 e. The SMILES string of the molecule is C=C(/N=C1/C=C(OC)C=C/C1=C(/N)c1ccccc1)c1cccc(C)n1. The fraction of sp³-hybridized carbons (Fsp3) is 0.0909. The highest BCUT2D eigenvalue weighted by Gasteiger charge is 2.15. The Bertz CT molecular complexity index is 950. The van der Waals surface area contributed by atoms with Crippen LogP contribution in [0.25, 0.3) is 11.4 Å². The fourth-order valence-corrected chi connectivity index (χ4v) is 2.64. The molecule has 4 heteroatoms. The van der Waals surface area contributed by atoms with Crippen molar-refractivity contribution in [3.8, 4) is 0 Å². The van der Waals surface area contributed by atoms with Crippen LogP contribution in [0.1, 0.15) is 17.0 Å². The summed E-state index contributed by atoms with van der Waals surface area (Å²) in [5.74, 6) is 0.707. The van der Waals surface area contributed by atoms with Crippen LogP contribution < -0.4 is 5.73 Å². The van der Waals surface area contributed by atoms with Gasteiger partial charge in [-0.25, -0.2) is 4.99 Å². The number of pyridine rings is 1. The van der Waals surface area contributed by atoms with E-state index in [9.17, 15) is 0 Å². The van der Waals surface area contributed by atoms with Gasteiger partial charge in [-0.3, -0.25) is 4.98 Å². The van der Waals surface area contributed by atoms with Crippen molar-refractivity contribution in [3.63, 3.8) is 0 Å². The number of nitrogens with zero attached hydrogens (tertiary/aromatic N) is 2. The van der Waals surface area contributed by atoms with Crippen molar-refractivity contribution >= 4 is 17.1 Å². The standard InChI is InChI=1S/C22H21N3O/c1-15-8-7-11-20(24-15)16(2)25-21-14-18(26-3)12-13-19(21)22(23)17-9-5-4-6-10-17/h4-14H,2,23H2,1,3H3/b22-19-,25-21-. The Morgan fingerprint density at radius 2 is 1.85 bits per heavy atom. The Kier molecular flexibility index (Phi) is 5.13. The topological polar surface area (TPSA) is 60.5 Å². The van der Waals surface area contributed by atoms with Crippen molar-refractivity contribution in [3.05, 3.63) is 102 Å². The normalized spacial score (nSPS) is 17.0. The predicted octanol–water partition coefficient (Wildman–Crippen LogP) is 4.27. The molecule has 0 saturated heterocycles. The van der Waals surface area contributed by atoms with Gasteiger partial charge in [-0.2, -0.15) is 0 Å². The van der Waals surface area contributed by atoms with Gasteiger partial charge in [0.25, 0.3) is 0 Å². The number of aliphatic imine (C=N–C) groups is 1. The van der Waals surface area contributed by atoms with Gasteiger partial charge in [-0.15, -0.1) is 0 Å². The second kappa shape index (κ2) is 7.66. The van der Waals surface area contributed by atoms with Crippen LogP contribution in [-0.4, -0.2) is 17.8 Å². The largest absolute Gasteiger partial charge is 0.497 e. The monoisotopic (exact) mass is 343 g/mol. The number of aromatic nitrogens is 1. The summed E-state index contributed by atoms with van der Waals surface area (Å²) in [7, 11) is 1.62. The van der Waals surface area contributed by atoms with E-state index in [1.165, 1.54) is 0 Å². The zero-order valence-corrected chi connectivity index (χ0v) is 14.9. The van der Waals surface area contributed by atoms with Crippen molar-refractivity contribution in [1.82, 2.24) is 4.98 Å². The van der Waals surface area contributed by atoms with E-state index in [-0.39, 0.29) is 0 Å². The van der Waals surface area contributed by atoms with Crippen LogP contribution >= 0.6 is 0 Å². The molecule has 0 spiro atoms. The molecule has 1 aliphatic rings. The number of methoxy groups -OCH3 is 1. The number of nitrogens with two attached hydrogens (primary N) is 1. The molecule has 4 nitrogen and oxygen atoms in total. The molecule has 0 aliphatic heterocycles. The molecule has 130 valence electrons. The Morgan fingerprint density at radius 1 is 1.08 bits per heavy atom. The summed E-state index contributed by atoms with van der Waals surface area (Å²) < 4.78 is 5.35. The van der Waals surface area contributed by atoms with Crippen molar-refractivity contribution in [1.29, 1.82) is 0 Å². The molecule has 1 aliphatic carbocycles.